The average Bonchev–Trinajstić information content (AvgIpc) is 2.95. The molecule has 6 nitrogen and oxygen atoms in total. The van der Waals surface area contributed by atoms with E-state index in [1.807, 2.05) is 0 Å². The molecule has 0 aromatic heterocycles. The lowest BCUT2D eigenvalue weighted by Crippen LogP contribution is -2.25. The third-order valence-electron chi connectivity index (χ3n) is 3.42. The Kier molecular flexibility index (Phi) is 3.36. The highest BCUT2D eigenvalue weighted by molar-refractivity contribution is 6.37. The molecule has 3 rings (SSSR count). The fourth-order valence-corrected chi connectivity index (χ4v) is 2.69. The number of hydrogen-bond acceptors (Lipinski definition) is 6. The molecular formula is C13H11ClF2N2O4. The van der Waals surface area contributed by atoms with Gasteiger partial charge < -0.3 is 14.2 Å². The number of alkyl halides is 2. The molecular weight excluding hydrogens is 322 g/mol. The molecule has 9 heteroatoms. The summed E-state index contributed by atoms with van der Waals surface area (Å²) in [6, 6.07) is 2.25. The summed E-state index contributed by atoms with van der Waals surface area (Å²) in [5, 5.41) is 5.82. The van der Waals surface area contributed by atoms with Crippen molar-refractivity contribution in [2.45, 2.75) is 18.8 Å². The minimum absolute atomic E-state index is 0.107. The lowest BCUT2D eigenvalue weighted by Gasteiger charge is -2.20. The highest BCUT2D eigenvalue weighted by Crippen LogP contribution is 2.46. The molecule has 2 aliphatic rings. The van der Waals surface area contributed by atoms with Crippen LogP contribution in [0.1, 0.15) is 18.0 Å². The molecule has 22 heavy (non-hydrogen) atoms. The van der Waals surface area contributed by atoms with Gasteiger partial charge in [-0.15, -0.1) is 8.78 Å². The maximum atomic E-state index is 13.1. The summed E-state index contributed by atoms with van der Waals surface area (Å²) >= 11 is 6.13. The zero-order valence-corrected chi connectivity index (χ0v) is 12.4. The van der Waals surface area contributed by atoms with Crippen LogP contribution in [0.25, 0.3) is 0 Å². The highest BCUT2D eigenvalue weighted by Gasteiger charge is 2.44. The summed E-state index contributed by atoms with van der Waals surface area (Å²) in [4.78, 5) is 11.5. The number of carbonyl (C=O) groups is 1. The van der Waals surface area contributed by atoms with Crippen LogP contribution in [-0.2, 0) is 9.53 Å². The van der Waals surface area contributed by atoms with Crippen molar-refractivity contribution in [2.24, 2.45) is 5.10 Å². The van der Waals surface area contributed by atoms with Crippen LogP contribution < -0.4 is 9.47 Å². The van der Waals surface area contributed by atoms with Crippen molar-refractivity contribution in [3.63, 3.8) is 0 Å². The standard InChI is InChI=1S/C13H11ClF2N2O4/c1-18-9(5-8(17-18)12(19)20-2)6-3-10-11(4-7(6)14)22-13(15,16)21-10/h3-4,9H,5H2,1-2H3. The van der Waals surface area contributed by atoms with E-state index in [-0.39, 0.29) is 34.7 Å². The fraction of sp³-hybridized carbons (Fsp3) is 0.385. The Morgan fingerprint density at radius 1 is 1.45 bits per heavy atom. The van der Waals surface area contributed by atoms with Gasteiger partial charge in [-0.25, -0.2) is 4.79 Å². The number of halogens is 3. The minimum atomic E-state index is -3.71. The maximum Gasteiger partial charge on any atom is 0.586 e. The second-order valence-corrected chi connectivity index (χ2v) is 5.23. The molecule has 118 valence electrons. The molecule has 2 heterocycles. The van der Waals surface area contributed by atoms with Gasteiger partial charge in [-0.05, 0) is 11.6 Å². The van der Waals surface area contributed by atoms with Crippen LogP contribution in [0.3, 0.4) is 0 Å². The Morgan fingerprint density at radius 2 is 2.09 bits per heavy atom. The van der Waals surface area contributed by atoms with Gasteiger partial charge in [0.2, 0.25) is 0 Å². The van der Waals surface area contributed by atoms with Gasteiger partial charge in [-0.3, -0.25) is 5.01 Å². The molecule has 0 fully saturated rings. The van der Waals surface area contributed by atoms with E-state index in [1.165, 1.54) is 24.3 Å². The van der Waals surface area contributed by atoms with Crippen molar-refractivity contribution in [1.29, 1.82) is 0 Å². The average molecular weight is 333 g/mol. The molecule has 1 unspecified atom stereocenters. The molecule has 0 bridgehead atoms. The highest BCUT2D eigenvalue weighted by atomic mass is 35.5. The second kappa shape index (κ2) is 4.98. The van der Waals surface area contributed by atoms with Crippen LogP contribution in [0, 0.1) is 0 Å². The largest absolute Gasteiger partial charge is 0.586 e. The maximum absolute atomic E-state index is 13.1. The summed E-state index contributed by atoms with van der Waals surface area (Å²) in [6.07, 6.45) is -3.46. The lowest BCUT2D eigenvalue weighted by atomic mass is 10.0. The lowest BCUT2D eigenvalue weighted by molar-refractivity contribution is -0.286. The van der Waals surface area contributed by atoms with E-state index in [2.05, 4.69) is 19.3 Å². The normalized spacial score (nSPS) is 21.8. The number of hydrogen-bond donors (Lipinski definition) is 0. The predicted molar refractivity (Wildman–Crippen MR) is 72.2 cm³/mol. The minimum Gasteiger partial charge on any atom is -0.464 e. The second-order valence-electron chi connectivity index (χ2n) is 4.82. The van der Waals surface area contributed by atoms with Gasteiger partial charge in [0.15, 0.2) is 11.5 Å². The zero-order chi connectivity index (χ0) is 16.1. The van der Waals surface area contributed by atoms with Crippen LogP contribution in [0.15, 0.2) is 17.2 Å². The van der Waals surface area contributed by atoms with Crippen molar-refractivity contribution < 1.29 is 27.8 Å². The number of hydrazone groups is 1. The quantitative estimate of drug-likeness (QED) is 0.779. The number of nitrogens with zero attached hydrogens (tertiary/aromatic N) is 2. The number of rotatable bonds is 2. The first-order valence-corrected chi connectivity index (χ1v) is 6.66. The SMILES string of the molecule is COC(=O)C1=NN(C)C(c2cc3c(cc2Cl)OC(F)(F)O3)C1. The number of benzene rings is 1. The molecule has 2 aliphatic heterocycles. The van der Waals surface area contributed by atoms with Gasteiger partial charge in [-0.2, -0.15) is 5.10 Å². The van der Waals surface area contributed by atoms with Gasteiger partial charge in [0.05, 0.1) is 13.2 Å². The van der Waals surface area contributed by atoms with E-state index in [0.717, 1.165) is 0 Å². The van der Waals surface area contributed by atoms with E-state index in [0.29, 0.717) is 5.56 Å². The molecule has 0 spiro atoms. The van der Waals surface area contributed by atoms with Crippen LogP contribution in [0.5, 0.6) is 11.5 Å². The van der Waals surface area contributed by atoms with Crippen molar-refractivity contribution >= 4 is 23.3 Å². The summed E-state index contributed by atoms with van der Waals surface area (Å²) in [6.45, 7) is 0. The molecule has 0 saturated heterocycles. The summed E-state index contributed by atoms with van der Waals surface area (Å²) in [5.74, 6) is -0.782. The van der Waals surface area contributed by atoms with E-state index in [1.54, 1.807) is 7.05 Å². The molecule has 0 N–H and O–H groups in total. The molecule has 1 atom stereocenters. The first-order chi connectivity index (χ1) is 10.3. The Bertz CT molecular complexity index is 680. The molecule has 1 aromatic rings. The first-order valence-electron chi connectivity index (χ1n) is 6.28. The summed E-state index contributed by atoms with van der Waals surface area (Å²) in [5.41, 5.74) is 0.737. The Morgan fingerprint density at radius 3 is 2.73 bits per heavy atom. The van der Waals surface area contributed by atoms with Crippen molar-refractivity contribution in [3.05, 3.63) is 22.7 Å². The fourth-order valence-electron chi connectivity index (χ4n) is 2.41. The van der Waals surface area contributed by atoms with Crippen molar-refractivity contribution in [2.75, 3.05) is 14.2 Å². The van der Waals surface area contributed by atoms with Crippen molar-refractivity contribution in [1.82, 2.24) is 5.01 Å². The van der Waals surface area contributed by atoms with Crippen LogP contribution >= 0.6 is 11.6 Å². The van der Waals surface area contributed by atoms with Gasteiger partial charge in [0.25, 0.3) is 0 Å². The van der Waals surface area contributed by atoms with E-state index < -0.39 is 12.3 Å². The van der Waals surface area contributed by atoms with E-state index >= 15 is 0 Å². The van der Waals surface area contributed by atoms with Crippen LogP contribution in [-0.4, -0.2) is 37.1 Å². The van der Waals surface area contributed by atoms with Crippen LogP contribution in [0.4, 0.5) is 8.78 Å². The summed E-state index contributed by atoms with van der Waals surface area (Å²) in [7, 11) is 2.91. The van der Waals surface area contributed by atoms with E-state index in [4.69, 9.17) is 11.6 Å². The van der Waals surface area contributed by atoms with Gasteiger partial charge >= 0.3 is 12.3 Å². The number of methoxy groups -OCH3 is 1. The molecule has 0 amide bonds. The van der Waals surface area contributed by atoms with Crippen LogP contribution in [0.2, 0.25) is 5.02 Å². The third-order valence-corrected chi connectivity index (χ3v) is 3.74. The summed E-state index contributed by atoms with van der Waals surface area (Å²) < 4.78 is 39.6. The monoisotopic (exact) mass is 332 g/mol. The predicted octanol–water partition coefficient (Wildman–Crippen LogP) is 2.57. The number of ether oxygens (including phenoxy) is 3. The van der Waals surface area contributed by atoms with Gasteiger partial charge in [-0.1, -0.05) is 11.6 Å². The first kappa shape index (κ1) is 14.8. The third kappa shape index (κ3) is 2.43. The van der Waals surface area contributed by atoms with E-state index in [9.17, 15) is 13.6 Å². The Balaban J connectivity index is 1.90. The van der Waals surface area contributed by atoms with Crippen molar-refractivity contribution in [3.8, 4) is 11.5 Å². The topological polar surface area (TPSA) is 60.4 Å². The Hall–Kier alpha value is -2.09. The van der Waals surface area contributed by atoms with Gasteiger partial charge in [0, 0.05) is 24.6 Å². The molecule has 0 saturated carbocycles. The van der Waals surface area contributed by atoms with Gasteiger partial charge in [0.1, 0.15) is 5.71 Å². The number of carbonyl (C=O) groups excluding carboxylic acids is 1. The zero-order valence-electron chi connectivity index (χ0n) is 11.6. The number of fused-ring (bicyclic) bond motifs is 1. The number of esters is 1. The Labute approximate surface area is 129 Å². The smallest absolute Gasteiger partial charge is 0.464 e. The molecule has 0 radical (unpaired) electrons. The molecule has 0 aliphatic carbocycles. The molecule has 1 aromatic carbocycles.